The third-order valence-electron chi connectivity index (χ3n) is 1.41. The highest BCUT2D eigenvalue weighted by Crippen LogP contribution is 2.06. The van der Waals surface area contributed by atoms with Crippen LogP contribution in [0, 0.1) is 11.8 Å². The van der Waals surface area contributed by atoms with Gasteiger partial charge in [0.25, 0.3) is 0 Å². The number of primary amides is 1. The molecule has 0 heterocycles. The Hall–Kier alpha value is -0.530. The summed E-state index contributed by atoms with van der Waals surface area (Å²) in [7, 11) is 0. The van der Waals surface area contributed by atoms with Crippen molar-refractivity contribution in [2.45, 2.75) is 20.8 Å². The minimum Gasteiger partial charge on any atom is -0.369 e. The summed E-state index contributed by atoms with van der Waals surface area (Å²) in [5.41, 5.74) is 1.86. The lowest BCUT2D eigenvalue weighted by Crippen LogP contribution is -2.24. The van der Waals surface area contributed by atoms with E-state index < -0.39 is 0 Å². The fourth-order valence-corrected chi connectivity index (χ4v) is 0.303. The van der Waals surface area contributed by atoms with Gasteiger partial charge < -0.3 is 5.73 Å². The summed E-state index contributed by atoms with van der Waals surface area (Å²) in [6.07, 6.45) is 0. The third-order valence-corrected chi connectivity index (χ3v) is 1.41. The van der Waals surface area contributed by atoms with Gasteiger partial charge in [0.05, 0.1) is 0 Å². The number of rotatable bonds is 2. The number of hydrogen-bond acceptors (Lipinski definition) is 1. The molecule has 0 aromatic heterocycles. The zero-order valence-corrected chi connectivity index (χ0v) is 5.56. The van der Waals surface area contributed by atoms with Crippen molar-refractivity contribution in [1.29, 1.82) is 0 Å². The van der Waals surface area contributed by atoms with Crippen molar-refractivity contribution in [2.75, 3.05) is 0 Å². The van der Waals surface area contributed by atoms with Gasteiger partial charge in [-0.3, -0.25) is 4.79 Å². The van der Waals surface area contributed by atoms with Crippen molar-refractivity contribution < 1.29 is 6.21 Å². The summed E-state index contributed by atoms with van der Waals surface area (Å²) >= 11 is 0. The quantitative estimate of drug-likeness (QED) is 0.568. The van der Waals surface area contributed by atoms with Gasteiger partial charge in [0.15, 0.2) is 1.41 Å². The summed E-state index contributed by atoms with van der Waals surface area (Å²) in [5.74, 6) is 0.0582. The summed E-state index contributed by atoms with van der Waals surface area (Å²) in [6.45, 7) is 5.73. The molecule has 0 spiro atoms. The Morgan fingerprint density at radius 2 is 2.12 bits per heavy atom. The van der Waals surface area contributed by atoms with E-state index in [1.54, 1.807) is 0 Å². The first kappa shape index (κ1) is 5.60. The van der Waals surface area contributed by atoms with E-state index in [4.69, 9.17) is 1.41 Å². The zero-order valence-electron chi connectivity index (χ0n) is 6.56. The van der Waals surface area contributed by atoms with Crippen LogP contribution in [0.5, 0.6) is 0 Å². The predicted octanol–water partition coefficient (Wildman–Crippen LogP) is 0.764. The lowest BCUT2D eigenvalue weighted by molar-refractivity contribution is -0.122. The van der Waals surface area contributed by atoms with Gasteiger partial charge in [-0.25, -0.2) is 0 Å². The molecule has 1 unspecified atom stereocenters. The molecular weight excluding hydrogens is 102 g/mol. The van der Waals surface area contributed by atoms with Gasteiger partial charge in [-0.05, 0) is 5.92 Å². The van der Waals surface area contributed by atoms with E-state index in [9.17, 15) is 4.79 Å². The first-order valence-electron chi connectivity index (χ1n) is 3.31. The summed E-state index contributed by atoms with van der Waals surface area (Å²) in [5, 5.41) is 0. The Labute approximate surface area is 51.5 Å². The van der Waals surface area contributed by atoms with Crippen LogP contribution < -0.4 is 5.73 Å². The molecule has 0 rings (SSSR count). The van der Waals surface area contributed by atoms with E-state index in [1.165, 1.54) is 0 Å². The van der Waals surface area contributed by atoms with Crippen LogP contribution >= 0.6 is 0 Å². The van der Waals surface area contributed by atoms with Crippen LogP contribution in [-0.2, 0) is 4.79 Å². The van der Waals surface area contributed by atoms with E-state index in [0.717, 1.165) is 0 Å². The molecule has 0 aliphatic rings. The average molecular weight is 116 g/mol. The van der Waals surface area contributed by atoms with Crippen molar-refractivity contribution in [1.82, 2.24) is 0 Å². The molecule has 8 heavy (non-hydrogen) atoms. The summed E-state index contributed by atoms with van der Waals surface area (Å²) in [6, 6.07) is 0. The van der Waals surface area contributed by atoms with E-state index >= 15 is 0 Å². The standard InChI is InChI=1S/C6H13NO/c1-4(2)5(3)6(7)8/h4-5H,1-3H3,(H2,7,8)/i/hD. The van der Waals surface area contributed by atoms with Crippen molar-refractivity contribution in [3.8, 4) is 0 Å². The monoisotopic (exact) mass is 116 g/mol. The Kier molecular flexibility index (Phi) is 1.89. The van der Waals surface area contributed by atoms with Crippen LogP contribution in [-0.4, -0.2) is 5.91 Å². The summed E-state index contributed by atoms with van der Waals surface area (Å²) < 4.78 is 6.53. The van der Waals surface area contributed by atoms with Gasteiger partial charge in [0, 0.05) is 5.92 Å². The van der Waals surface area contributed by atoms with Gasteiger partial charge in [0.1, 0.15) is 0 Å². The molecule has 1 atom stereocenters. The van der Waals surface area contributed by atoms with E-state index in [2.05, 4.69) is 0 Å². The fraction of sp³-hybridized carbons (Fsp3) is 0.833. The molecule has 0 aliphatic heterocycles. The van der Waals surface area contributed by atoms with Gasteiger partial charge >= 0.3 is 0 Å². The number of nitrogens with two attached hydrogens (primary N) is 1. The Bertz CT molecular complexity index is 103. The van der Waals surface area contributed by atoms with Gasteiger partial charge in [-0.1, -0.05) is 20.8 Å². The first-order valence-corrected chi connectivity index (χ1v) is 2.81. The van der Waals surface area contributed by atoms with E-state index in [-0.39, 0.29) is 11.8 Å². The molecule has 2 nitrogen and oxygen atoms in total. The molecule has 0 bridgehead atoms. The molecule has 2 heteroatoms. The molecule has 0 radical (unpaired) electrons. The second-order valence-electron chi connectivity index (χ2n) is 2.40. The molecule has 0 aromatic carbocycles. The van der Waals surface area contributed by atoms with Crippen LogP contribution in [0.4, 0.5) is 0 Å². The largest absolute Gasteiger partial charge is 0.369 e. The smallest absolute Gasteiger partial charge is 0.220 e. The van der Waals surface area contributed by atoms with Crippen molar-refractivity contribution in [3.05, 3.63) is 0 Å². The highest BCUT2D eigenvalue weighted by atomic mass is 16.1. The fourth-order valence-electron chi connectivity index (χ4n) is 0.303. The highest BCUT2D eigenvalue weighted by molar-refractivity contribution is 5.76. The molecule has 1 amide bonds. The van der Waals surface area contributed by atoms with Crippen LogP contribution in [0.25, 0.3) is 0 Å². The Morgan fingerprint density at radius 3 is 2.25 bits per heavy atom. The normalized spacial score (nSPS) is 15.2. The average Bonchev–Trinajstić information content (AvgIpc) is 1.84. The Balaban J connectivity index is 3.72. The topological polar surface area (TPSA) is 43.1 Å². The highest BCUT2D eigenvalue weighted by Gasteiger charge is 2.11. The van der Waals surface area contributed by atoms with Crippen LogP contribution in [0.3, 0.4) is 0 Å². The molecule has 0 fully saturated rings. The van der Waals surface area contributed by atoms with Crippen LogP contribution in [0.1, 0.15) is 20.8 Å². The third kappa shape index (κ3) is 1.96. The molecule has 0 aromatic rings. The SMILES string of the molecule is [2H]NC(=O)C(C)C(C)C. The van der Waals surface area contributed by atoms with Crippen molar-refractivity contribution >= 4 is 5.91 Å². The molecule has 48 valence electrons. The van der Waals surface area contributed by atoms with E-state index in [1.807, 2.05) is 26.5 Å². The number of carbonyl (C=O) groups is 1. The maximum absolute atomic E-state index is 10.7. The zero-order chi connectivity index (χ0) is 7.44. The van der Waals surface area contributed by atoms with Crippen molar-refractivity contribution in [3.63, 3.8) is 0 Å². The molecule has 0 saturated carbocycles. The number of hydrogen-bond donors (Lipinski definition) is 1. The lowest BCUT2D eigenvalue weighted by Gasteiger charge is -2.09. The van der Waals surface area contributed by atoms with Crippen molar-refractivity contribution in [2.24, 2.45) is 17.6 Å². The lowest BCUT2D eigenvalue weighted by atomic mass is 9.98. The molecule has 0 saturated heterocycles. The van der Waals surface area contributed by atoms with Crippen LogP contribution in [0.15, 0.2) is 0 Å². The van der Waals surface area contributed by atoms with Gasteiger partial charge in [0.2, 0.25) is 5.91 Å². The van der Waals surface area contributed by atoms with E-state index in [0.29, 0.717) is 5.92 Å². The molecule has 2 N–H and O–H groups in total. The number of amides is 1. The summed E-state index contributed by atoms with van der Waals surface area (Å²) in [4.78, 5) is 10.7. The predicted molar refractivity (Wildman–Crippen MR) is 33.2 cm³/mol. The molecule has 0 aliphatic carbocycles. The first-order chi connectivity index (χ1) is 4.09. The molecular formula is C6H13NO. The number of carbonyl (C=O) groups excluding carboxylic acids is 1. The van der Waals surface area contributed by atoms with Gasteiger partial charge in [-0.15, -0.1) is 0 Å². The second kappa shape index (κ2) is 2.70. The minimum atomic E-state index is -0.204. The maximum Gasteiger partial charge on any atom is 0.220 e. The van der Waals surface area contributed by atoms with Crippen LogP contribution in [0.2, 0.25) is 1.41 Å². The second-order valence-corrected chi connectivity index (χ2v) is 2.40. The van der Waals surface area contributed by atoms with Gasteiger partial charge in [-0.2, -0.15) is 0 Å². The minimum absolute atomic E-state index is 0.0532. The Morgan fingerprint density at radius 1 is 1.62 bits per heavy atom. The maximum atomic E-state index is 10.7.